The van der Waals surface area contributed by atoms with E-state index in [9.17, 15) is 4.21 Å². The fraction of sp³-hybridized carbons (Fsp3) is 0.692. The van der Waals surface area contributed by atoms with Crippen LogP contribution in [-0.4, -0.2) is 38.8 Å². The van der Waals surface area contributed by atoms with E-state index < -0.39 is 10.8 Å². The predicted molar refractivity (Wildman–Crippen MR) is 80.1 cm³/mol. The Labute approximate surface area is 117 Å². The van der Waals surface area contributed by atoms with Gasteiger partial charge in [-0.25, -0.2) is 9.97 Å². The van der Waals surface area contributed by atoms with Crippen molar-refractivity contribution in [3.05, 3.63) is 11.9 Å². The van der Waals surface area contributed by atoms with Crippen molar-refractivity contribution in [3.8, 4) is 0 Å². The zero-order valence-electron chi connectivity index (χ0n) is 11.6. The first-order valence-corrected chi connectivity index (χ1v) is 8.37. The topological polar surface area (TPSA) is 66.9 Å². The third kappa shape index (κ3) is 4.16. The van der Waals surface area contributed by atoms with Gasteiger partial charge in [0.2, 0.25) is 0 Å². The smallest absolute Gasteiger partial charge is 0.133 e. The molecule has 1 fully saturated rings. The van der Waals surface area contributed by atoms with E-state index in [2.05, 4.69) is 27.5 Å². The molecule has 1 aromatic heterocycles. The minimum absolute atomic E-state index is 0.381. The number of nitrogens with one attached hydrogen (secondary N) is 2. The Morgan fingerprint density at radius 1 is 1.32 bits per heavy atom. The average molecular weight is 282 g/mol. The Morgan fingerprint density at radius 3 is 2.63 bits per heavy atom. The van der Waals surface area contributed by atoms with Gasteiger partial charge >= 0.3 is 0 Å². The molecule has 0 bridgehead atoms. The summed E-state index contributed by atoms with van der Waals surface area (Å²) in [5.41, 5.74) is 0. The van der Waals surface area contributed by atoms with Crippen LogP contribution >= 0.6 is 0 Å². The lowest BCUT2D eigenvalue weighted by Gasteiger charge is -2.23. The maximum atomic E-state index is 11.3. The van der Waals surface area contributed by atoms with Gasteiger partial charge in [-0.1, -0.05) is 6.92 Å². The van der Waals surface area contributed by atoms with Crippen LogP contribution in [0.25, 0.3) is 0 Å². The minimum Gasteiger partial charge on any atom is -0.373 e. The van der Waals surface area contributed by atoms with E-state index in [0.29, 0.717) is 6.04 Å². The summed E-state index contributed by atoms with van der Waals surface area (Å²) in [5, 5.41) is 6.52. The second-order valence-corrected chi connectivity index (χ2v) is 6.52. The molecule has 0 saturated carbocycles. The van der Waals surface area contributed by atoms with Crippen molar-refractivity contribution < 1.29 is 4.21 Å². The number of anilines is 2. The molecule has 0 aliphatic carbocycles. The fourth-order valence-electron chi connectivity index (χ4n) is 2.18. The predicted octanol–water partition coefficient (Wildman–Crippen LogP) is 1.79. The fourth-order valence-corrected chi connectivity index (χ4v) is 3.48. The van der Waals surface area contributed by atoms with Crippen LogP contribution in [0, 0.1) is 0 Å². The van der Waals surface area contributed by atoms with Crippen molar-refractivity contribution in [1.82, 2.24) is 9.97 Å². The van der Waals surface area contributed by atoms with Crippen molar-refractivity contribution in [1.29, 1.82) is 0 Å². The first-order chi connectivity index (χ1) is 9.21. The van der Waals surface area contributed by atoms with Gasteiger partial charge in [0.25, 0.3) is 0 Å². The number of hydrogen-bond acceptors (Lipinski definition) is 5. The lowest BCUT2D eigenvalue weighted by atomic mass is 10.1. The van der Waals surface area contributed by atoms with Crippen LogP contribution in [0.3, 0.4) is 0 Å². The standard InChI is InChI=1S/C13H22N4OS/c1-3-4-11-16-12(14-2)9-13(17-11)15-10-5-7-19(18)8-6-10/h9-10H,3-8H2,1-2H3,(H2,14,15,16,17). The van der Waals surface area contributed by atoms with Crippen LogP contribution in [0.5, 0.6) is 0 Å². The van der Waals surface area contributed by atoms with Crippen molar-refractivity contribution in [2.75, 3.05) is 29.2 Å². The zero-order chi connectivity index (χ0) is 13.7. The van der Waals surface area contributed by atoms with Crippen LogP contribution in [0.1, 0.15) is 32.0 Å². The Bertz CT molecular complexity index is 442. The highest BCUT2D eigenvalue weighted by atomic mass is 32.2. The van der Waals surface area contributed by atoms with E-state index in [-0.39, 0.29) is 0 Å². The molecule has 1 saturated heterocycles. The molecule has 0 atom stereocenters. The van der Waals surface area contributed by atoms with Crippen molar-refractivity contribution in [2.45, 2.75) is 38.6 Å². The molecule has 2 heterocycles. The highest BCUT2D eigenvalue weighted by molar-refractivity contribution is 7.85. The summed E-state index contributed by atoms with van der Waals surface area (Å²) in [6.45, 7) is 2.12. The number of aryl methyl sites for hydroxylation is 1. The zero-order valence-corrected chi connectivity index (χ0v) is 12.4. The molecule has 0 spiro atoms. The van der Waals surface area contributed by atoms with Crippen LogP contribution in [0.2, 0.25) is 0 Å². The Hall–Kier alpha value is -1.17. The van der Waals surface area contributed by atoms with Crippen LogP contribution in [0.4, 0.5) is 11.6 Å². The summed E-state index contributed by atoms with van der Waals surface area (Å²) >= 11 is 0. The lowest BCUT2D eigenvalue weighted by Crippen LogP contribution is -2.29. The van der Waals surface area contributed by atoms with Crippen molar-refractivity contribution in [3.63, 3.8) is 0 Å². The van der Waals surface area contributed by atoms with Gasteiger partial charge in [0, 0.05) is 47.9 Å². The highest BCUT2D eigenvalue weighted by Gasteiger charge is 2.18. The van der Waals surface area contributed by atoms with E-state index in [0.717, 1.165) is 54.6 Å². The van der Waals surface area contributed by atoms with Crippen molar-refractivity contribution >= 4 is 22.4 Å². The Balaban J connectivity index is 2.06. The van der Waals surface area contributed by atoms with Crippen LogP contribution in [0.15, 0.2) is 6.07 Å². The summed E-state index contributed by atoms with van der Waals surface area (Å²) in [6, 6.07) is 2.32. The molecule has 1 aliphatic rings. The van der Waals surface area contributed by atoms with Gasteiger partial charge < -0.3 is 10.6 Å². The van der Waals surface area contributed by atoms with E-state index in [1.54, 1.807) is 0 Å². The summed E-state index contributed by atoms with van der Waals surface area (Å²) in [6.07, 6.45) is 3.83. The maximum absolute atomic E-state index is 11.3. The molecule has 5 nitrogen and oxygen atoms in total. The third-order valence-corrected chi connectivity index (χ3v) is 4.62. The molecule has 2 rings (SSSR count). The second kappa shape index (κ2) is 6.84. The lowest BCUT2D eigenvalue weighted by molar-refractivity contribution is 0.622. The average Bonchev–Trinajstić information content (AvgIpc) is 2.41. The molecule has 1 aliphatic heterocycles. The molecule has 2 N–H and O–H groups in total. The number of nitrogens with zero attached hydrogens (tertiary/aromatic N) is 2. The highest BCUT2D eigenvalue weighted by Crippen LogP contribution is 2.17. The van der Waals surface area contributed by atoms with Gasteiger partial charge in [-0.2, -0.15) is 0 Å². The largest absolute Gasteiger partial charge is 0.373 e. The van der Waals surface area contributed by atoms with Crippen LogP contribution in [-0.2, 0) is 17.2 Å². The Kier molecular flexibility index (Phi) is 5.13. The molecule has 19 heavy (non-hydrogen) atoms. The number of hydrogen-bond donors (Lipinski definition) is 2. The SMILES string of the molecule is CCCc1nc(NC)cc(NC2CCS(=O)CC2)n1. The second-order valence-electron chi connectivity index (χ2n) is 4.82. The van der Waals surface area contributed by atoms with Gasteiger partial charge in [0.15, 0.2) is 0 Å². The molecular weight excluding hydrogens is 260 g/mol. The molecular formula is C13H22N4OS. The van der Waals surface area contributed by atoms with E-state index in [1.807, 2.05) is 13.1 Å². The molecule has 0 radical (unpaired) electrons. The van der Waals surface area contributed by atoms with E-state index >= 15 is 0 Å². The van der Waals surface area contributed by atoms with Gasteiger partial charge in [0.05, 0.1) is 0 Å². The first kappa shape index (κ1) is 14.2. The van der Waals surface area contributed by atoms with Gasteiger partial charge in [-0.15, -0.1) is 0 Å². The maximum Gasteiger partial charge on any atom is 0.133 e. The molecule has 6 heteroatoms. The number of aromatic nitrogens is 2. The monoisotopic (exact) mass is 282 g/mol. The summed E-state index contributed by atoms with van der Waals surface area (Å²) in [5.74, 6) is 4.18. The summed E-state index contributed by atoms with van der Waals surface area (Å²) < 4.78 is 11.3. The number of rotatable bonds is 5. The molecule has 0 unspecified atom stereocenters. The molecule has 0 aromatic carbocycles. The molecule has 0 amide bonds. The van der Waals surface area contributed by atoms with Gasteiger partial charge in [0.1, 0.15) is 17.5 Å². The van der Waals surface area contributed by atoms with E-state index in [1.165, 1.54) is 0 Å². The quantitative estimate of drug-likeness (QED) is 0.862. The minimum atomic E-state index is -0.617. The normalized spacial score (nSPS) is 23.1. The summed E-state index contributed by atoms with van der Waals surface area (Å²) in [7, 11) is 1.25. The van der Waals surface area contributed by atoms with E-state index in [4.69, 9.17) is 0 Å². The summed E-state index contributed by atoms with van der Waals surface area (Å²) in [4.78, 5) is 8.98. The molecule has 106 valence electrons. The molecule has 1 aromatic rings. The third-order valence-electron chi connectivity index (χ3n) is 3.24. The van der Waals surface area contributed by atoms with Crippen LogP contribution < -0.4 is 10.6 Å². The van der Waals surface area contributed by atoms with Gasteiger partial charge in [-0.3, -0.25) is 4.21 Å². The first-order valence-electron chi connectivity index (χ1n) is 6.88. The Morgan fingerprint density at radius 2 is 2.00 bits per heavy atom. The van der Waals surface area contributed by atoms with Crippen molar-refractivity contribution in [2.24, 2.45) is 0 Å². The van der Waals surface area contributed by atoms with Gasteiger partial charge in [-0.05, 0) is 19.3 Å².